The number of nitrogens with zero attached hydrogens (tertiary/aromatic N) is 3. The highest BCUT2D eigenvalue weighted by Crippen LogP contribution is 2.08. The first-order chi connectivity index (χ1) is 9.19. The summed E-state index contributed by atoms with van der Waals surface area (Å²) in [5.74, 6) is 1.80. The third-order valence-corrected chi connectivity index (χ3v) is 3.16. The first kappa shape index (κ1) is 13.7. The Morgan fingerprint density at radius 1 is 1.11 bits per heavy atom. The Hall–Kier alpha value is -1.68. The Kier molecular flexibility index (Phi) is 4.68. The highest BCUT2D eigenvalue weighted by Gasteiger charge is 2.03. The largest absolute Gasteiger partial charge is 0.317 e. The lowest BCUT2D eigenvalue weighted by Gasteiger charge is -2.06. The third-order valence-electron chi connectivity index (χ3n) is 3.16. The van der Waals surface area contributed by atoms with Gasteiger partial charge >= 0.3 is 0 Å². The van der Waals surface area contributed by atoms with E-state index in [2.05, 4.69) is 46.6 Å². The van der Waals surface area contributed by atoms with Gasteiger partial charge in [-0.2, -0.15) is 5.10 Å². The number of hydrogen-bond acceptors (Lipinski definition) is 3. The van der Waals surface area contributed by atoms with Crippen LogP contribution < -0.4 is 5.32 Å². The molecule has 102 valence electrons. The van der Waals surface area contributed by atoms with E-state index in [9.17, 15) is 0 Å². The van der Waals surface area contributed by atoms with E-state index < -0.39 is 0 Å². The molecule has 1 heterocycles. The maximum atomic E-state index is 4.38. The van der Waals surface area contributed by atoms with E-state index in [1.807, 2.05) is 18.5 Å². The van der Waals surface area contributed by atoms with Crippen LogP contribution >= 0.6 is 0 Å². The van der Waals surface area contributed by atoms with Crippen molar-refractivity contribution in [2.24, 2.45) is 0 Å². The smallest absolute Gasteiger partial charge is 0.147 e. The summed E-state index contributed by atoms with van der Waals surface area (Å²) in [6.45, 7) is 8.91. The van der Waals surface area contributed by atoms with Gasteiger partial charge in [0, 0.05) is 0 Å². The van der Waals surface area contributed by atoms with Gasteiger partial charge in [-0.3, -0.25) is 0 Å². The molecule has 19 heavy (non-hydrogen) atoms. The number of rotatable bonds is 6. The topological polar surface area (TPSA) is 42.7 Å². The average molecular weight is 258 g/mol. The van der Waals surface area contributed by atoms with Crippen LogP contribution in [-0.4, -0.2) is 27.9 Å². The van der Waals surface area contributed by atoms with Gasteiger partial charge in [-0.05, 0) is 44.5 Å². The lowest BCUT2D eigenvalue weighted by Crippen LogP contribution is -2.16. The van der Waals surface area contributed by atoms with Gasteiger partial charge in [0.05, 0.1) is 6.54 Å². The van der Waals surface area contributed by atoms with Crippen LogP contribution in [0.5, 0.6) is 0 Å². The van der Waals surface area contributed by atoms with E-state index in [4.69, 9.17) is 0 Å². The Morgan fingerprint density at radius 2 is 1.79 bits per heavy atom. The molecule has 0 unspecified atom stereocenters. The monoisotopic (exact) mass is 258 g/mol. The highest BCUT2D eigenvalue weighted by molar-refractivity contribution is 5.23. The van der Waals surface area contributed by atoms with Crippen LogP contribution in [0.1, 0.15) is 29.7 Å². The summed E-state index contributed by atoms with van der Waals surface area (Å²) in [4.78, 5) is 4.32. The molecule has 1 aromatic heterocycles. The standard InChI is InChI=1S/C15H22N4/c1-4-16-10-9-14-5-7-15(8-6-14)11-19-13(3)17-12(2)18-19/h5-8,16H,4,9-11H2,1-3H3. The first-order valence-corrected chi connectivity index (χ1v) is 6.85. The second-order valence-corrected chi connectivity index (χ2v) is 4.78. The normalized spacial score (nSPS) is 10.9. The predicted molar refractivity (Wildman–Crippen MR) is 77.3 cm³/mol. The van der Waals surface area contributed by atoms with E-state index in [1.54, 1.807) is 0 Å². The molecule has 0 saturated heterocycles. The highest BCUT2D eigenvalue weighted by atomic mass is 15.3. The number of benzene rings is 1. The average Bonchev–Trinajstić information content (AvgIpc) is 2.70. The van der Waals surface area contributed by atoms with E-state index in [0.29, 0.717) is 0 Å². The summed E-state index contributed by atoms with van der Waals surface area (Å²) in [7, 11) is 0. The molecule has 0 fully saturated rings. The number of nitrogens with one attached hydrogen (secondary N) is 1. The van der Waals surface area contributed by atoms with Gasteiger partial charge in [-0.25, -0.2) is 9.67 Å². The summed E-state index contributed by atoms with van der Waals surface area (Å²) in [6, 6.07) is 8.76. The number of aromatic nitrogens is 3. The zero-order chi connectivity index (χ0) is 13.7. The van der Waals surface area contributed by atoms with E-state index in [1.165, 1.54) is 11.1 Å². The lowest BCUT2D eigenvalue weighted by molar-refractivity contribution is 0.655. The van der Waals surface area contributed by atoms with Gasteiger partial charge in [0.15, 0.2) is 0 Å². The molecular formula is C15H22N4. The predicted octanol–water partition coefficient (Wildman–Crippen LogP) is 2.10. The molecular weight excluding hydrogens is 236 g/mol. The lowest BCUT2D eigenvalue weighted by atomic mass is 10.1. The van der Waals surface area contributed by atoms with Crippen LogP contribution in [0.15, 0.2) is 24.3 Å². The van der Waals surface area contributed by atoms with Gasteiger partial charge in [-0.15, -0.1) is 0 Å². The van der Waals surface area contributed by atoms with Crippen LogP contribution in [-0.2, 0) is 13.0 Å². The Morgan fingerprint density at radius 3 is 2.37 bits per heavy atom. The summed E-state index contributed by atoms with van der Waals surface area (Å²) >= 11 is 0. The van der Waals surface area contributed by atoms with Gasteiger partial charge in [0.1, 0.15) is 11.6 Å². The molecule has 0 aliphatic rings. The fraction of sp³-hybridized carbons (Fsp3) is 0.467. The Labute approximate surface area is 114 Å². The SMILES string of the molecule is CCNCCc1ccc(Cn2nc(C)nc2C)cc1. The molecule has 0 radical (unpaired) electrons. The minimum atomic E-state index is 0.792. The molecule has 0 saturated carbocycles. The minimum Gasteiger partial charge on any atom is -0.317 e. The third kappa shape index (κ3) is 3.89. The van der Waals surface area contributed by atoms with E-state index in [-0.39, 0.29) is 0 Å². The quantitative estimate of drug-likeness (QED) is 0.807. The maximum Gasteiger partial charge on any atom is 0.147 e. The van der Waals surface area contributed by atoms with Crippen molar-refractivity contribution in [3.05, 3.63) is 47.0 Å². The molecule has 0 aliphatic carbocycles. The molecule has 0 atom stereocenters. The van der Waals surface area contributed by atoms with Crippen molar-refractivity contribution in [1.29, 1.82) is 0 Å². The molecule has 4 heteroatoms. The molecule has 0 bridgehead atoms. The van der Waals surface area contributed by atoms with Crippen molar-refractivity contribution in [1.82, 2.24) is 20.1 Å². The molecule has 0 spiro atoms. The second-order valence-electron chi connectivity index (χ2n) is 4.78. The molecule has 1 N–H and O–H groups in total. The Bertz CT molecular complexity index is 513. The van der Waals surface area contributed by atoms with Crippen LogP contribution in [0, 0.1) is 13.8 Å². The van der Waals surface area contributed by atoms with Crippen molar-refractivity contribution in [3.63, 3.8) is 0 Å². The summed E-state index contributed by atoms with van der Waals surface area (Å²) in [6.07, 6.45) is 1.08. The molecule has 0 amide bonds. The molecule has 1 aromatic carbocycles. The van der Waals surface area contributed by atoms with E-state index in [0.717, 1.165) is 37.7 Å². The van der Waals surface area contributed by atoms with Crippen molar-refractivity contribution in [3.8, 4) is 0 Å². The van der Waals surface area contributed by atoms with Gasteiger partial charge < -0.3 is 5.32 Å². The van der Waals surface area contributed by atoms with Crippen LogP contribution in [0.25, 0.3) is 0 Å². The minimum absolute atomic E-state index is 0.792. The number of hydrogen-bond donors (Lipinski definition) is 1. The molecule has 2 rings (SSSR count). The zero-order valence-electron chi connectivity index (χ0n) is 12.0. The molecule has 4 nitrogen and oxygen atoms in total. The fourth-order valence-electron chi connectivity index (χ4n) is 2.10. The first-order valence-electron chi connectivity index (χ1n) is 6.85. The maximum absolute atomic E-state index is 4.38. The van der Waals surface area contributed by atoms with Gasteiger partial charge in [-0.1, -0.05) is 31.2 Å². The van der Waals surface area contributed by atoms with E-state index >= 15 is 0 Å². The van der Waals surface area contributed by atoms with Gasteiger partial charge in [0.25, 0.3) is 0 Å². The van der Waals surface area contributed by atoms with Crippen molar-refractivity contribution in [2.45, 2.75) is 33.7 Å². The van der Waals surface area contributed by atoms with Crippen molar-refractivity contribution >= 4 is 0 Å². The van der Waals surface area contributed by atoms with Crippen LogP contribution in [0.3, 0.4) is 0 Å². The second kappa shape index (κ2) is 6.48. The number of likely N-dealkylation sites (N-methyl/N-ethyl adjacent to an activating group) is 1. The van der Waals surface area contributed by atoms with Crippen LogP contribution in [0.2, 0.25) is 0 Å². The molecule has 2 aromatic rings. The van der Waals surface area contributed by atoms with Gasteiger partial charge in [0.2, 0.25) is 0 Å². The van der Waals surface area contributed by atoms with Crippen molar-refractivity contribution in [2.75, 3.05) is 13.1 Å². The van der Waals surface area contributed by atoms with Crippen LogP contribution in [0.4, 0.5) is 0 Å². The summed E-state index contributed by atoms with van der Waals surface area (Å²) in [5.41, 5.74) is 2.64. The molecule has 0 aliphatic heterocycles. The fourth-order valence-corrected chi connectivity index (χ4v) is 2.10. The van der Waals surface area contributed by atoms with Crippen molar-refractivity contribution < 1.29 is 0 Å². The Balaban J connectivity index is 1.96. The zero-order valence-corrected chi connectivity index (χ0v) is 12.0. The summed E-state index contributed by atoms with van der Waals surface area (Å²) < 4.78 is 1.95. The summed E-state index contributed by atoms with van der Waals surface area (Å²) in [5, 5.41) is 7.72. The number of aryl methyl sites for hydroxylation is 2.